The molecule has 0 aromatic carbocycles. The second-order valence-electron chi connectivity index (χ2n) is 3.67. The molecule has 0 amide bonds. The molecule has 0 fully saturated rings. The third-order valence-corrected chi connectivity index (χ3v) is 2.74. The van der Waals surface area contributed by atoms with Crippen LogP contribution in [0.4, 0.5) is 0 Å². The van der Waals surface area contributed by atoms with Gasteiger partial charge in [0.2, 0.25) is 0 Å². The van der Waals surface area contributed by atoms with Crippen molar-refractivity contribution in [1.29, 1.82) is 0 Å². The molecule has 0 radical (unpaired) electrons. The zero-order valence-corrected chi connectivity index (χ0v) is 8.82. The molecule has 68 valence electrons. The Morgan fingerprint density at radius 3 is 2.27 bits per heavy atom. The predicted octanol–water partition coefficient (Wildman–Crippen LogP) is 1.15. The molecule has 0 bridgehead atoms. The van der Waals surface area contributed by atoms with Gasteiger partial charge in [-0.1, -0.05) is 6.92 Å². The minimum absolute atomic E-state index is 0.230. The Balaban J connectivity index is 3.44. The normalized spacial score (nSPS) is 15.0. The third kappa shape index (κ3) is 5.53. The standard InChI is InChI=1S/C8H20NOS/c1-5-6-11-7-8(10)9(2,3)4/h8,10H,5-7H2,1-4H3/q+1. The van der Waals surface area contributed by atoms with Crippen LogP contribution in [-0.2, 0) is 0 Å². The summed E-state index contributed by atoms with van der Waals surface area (Å²) in [5, 5.41) is 9.56. The lowest BCUT2D eigenvalue weighted by atomic mass is 10.5. The fraction of sp³-hybridized carbons (Fsp3) is 1.00. The monoisotopic (exact) mass is 178 g/mol. The van der Waals surface area contributed by atoms with Crippen LogP contribution in [0.5, 0.6) is 0 Å². The van der Waals surface area contributed by atoms with E-state index < -0.39 is 0 Å². The van der Waals surface area contributed by atoms with Gasteiger partial charge in [-0.2, -0.15) is 11.8 Å². The molecule has 0 rings (SSSR count). The van der Waals surface area contributed by atoms with Crippen molar-refractivity contribution in [3.63, 3.8) is 0 Å². The summed E-state index contributed by atoms with van der Waals surface area (Å²) in [5.41, 5.74) is 0. The summed E-state index contributed by atoms with van der Waals surface area (Å²) in [4.78, 5) is 0. The molecule has 0 spiro atoms. The third-order valence-electron chi connectivity index (χ3n) is 1.51. The van der Waals surface area contributed by atoms with Gasteiger partial charge in [-0.15, -0.1) is 0 Å². The zero-order chi connectivity index (χ0) is 8.91. The first kappa shape index (κ1) is 11.3. The van der Waals surface area contributed by atoms with Crippen molar-refractivity contribution in [3.8, 4) is 0 Å². The first-order chi connectivity index (χ1) is 4.98. The maximum atomic E-state index is 9.56. The van der Waals surface area contributed by atoms with Crippen molar-refractivity contribution in [2.45, 2.75) is 19.6 Å². The zero-order valence-electron chi connectivity index (χ0n) is 8.00. The average Bonchev–Trinajstić information content (AvgIpc) is 1.86. The summed E-state index contributed by atoms with van der Waals surface area (Å²) in [6, 6.07) is 0. The van der Waals surface area contributed by atoms with Crippen LogP contribution in [0.2, 0.25) is 0 Å². The average molecular weight is 178 g/mol. The Kier molecular flexibility index (Phi) is 5.13. The van der Waals surface area contributed by atoms with E-state index in [4.69, 9.17) is 0 Å². The fourth-order valence-corrected chi connectivity index (χ4v) is 1.67. The quantitative estimate of drug-likeness (QED) is 0.387. The molecule has 11 heavy (non-hydrogen) atoms. The number of quaternary nitrogens is 1. The summed E-state index contributed by atoms with van der Waals surface area (Å²) in [5.74, 6) is 1.99. The molecule has 0 aromatic heterocycles. The molecule has 0 saturated carbocycles. The Labute approximate surface area is 74.2 Å². The highest BCUT2D eigenvalue weighted by Crippen LogP contribution is 2.09. The Hall–Kier alpha value is 0.270. The Bertz CT molecular complexity index is 101. The number of hydrogen-bond donors (Lipinski definition) is 1. The van der Waals surface area contributed by atoms with Gasteiger partial charge in [0, 0.05) is 0 Å². The second kappa shape index (κ2) is 5.01. The number of thioether (sulfide) groups is 1. The molecule has 0 aliphatic heterocycles. The highest BCUT2D eigenvalue weighted by Gasteiger charge is 2.19. The maximum Gasteiger partial charge on any atom is 0.199 e. The van der Waals surface area contributed by atoms with Crippen LogP contribution >= 0.6 is 11.8 Å². The van der Waals surface area contributed by atoms with E-state index in [9.17, 15) is 5.11 Å². The molecule has 1 atom stereocenters. The first-order valence-corrected chi connectivity index (χ1v) is 5.21. The van der Waals surface area contributed by atoms with Crippen molar-refractivity contribution in [1.82, 2.24) is 0 Å². The van der Waals surface area contributed by atoms with E-state index >= 15 is 0 Å². The molecular weight excluding hydrogens is 158 g/mol. The van der Waals surface area contributed by atoms with Crippen LogP contribution in [0.25, 0.3) is 0 Å². The number of rotatable bonds is 5. The van der Waals surface area contributed by atoms with Crippen LogP contribution in [0.15, 0.2) is 0 Å². The van der Waals surface area contributed by atoms with E-state index in [1.165, 1.54) is 6.42 Å². The van der Waals surface area contributed by atoms with Gasteiger partial charge in [0.1, 0.15) is 0 Å². The number of hydrogen-bond acceptors (Lipinski definition) is 2. The van der Waals surface area contributed by atoms with Crippen LogP contribution < -0.4 is 0 Å². The second-order valence-corrected chi connectivity index (χ2v) is 4.82. The SMILES string of the molecule is CCCSCC(O)[N+](C)(C)C. The molecular formula is C8H20NOS+. The highest BCUT2D eigenvalue weighted by molar-refractivity contribution is 7.99. The van der Waals surface area contributed by atoms with Crippen molar-refractivity contribution >= 4 is 11.8 Å². The topological polar surface area (TPSA) is 20.2 Å². The van der Waals surface area contributed by atoms with Gasteiger partial charge in [-0.3, -0.25) is 0 Å². The maximum absolute atomic E-state index is 9.56. The van der Waals surface area contributed by atoms with E-state index in [1.807, 2.05) is 32.9 Å². The number of aliphatic hydroxyl groups excluding tert-OH is 1. The molecule has 0 aliphatic rings. The van der Waals surface area contributed by atoms with Crippen LogP contribution in [0.3, 0.4) is 0 Å². The fourth-order valence-electron chi connectivity index (χ4n) is 0.557. The lowest BCUT2D eigenvalue weighted by molar-refractivity contribution is -0.915. The van der Waals surface area contributed by atoms with Gasteiger partial charge in [-0.25, -0.2) is 0 Å². The minimum atomic E-state index is -0.230. The molecule has 1 unspecified atom stereocenters. The minimum Gasteiger partial charge on any atom is -0.344 e. The Morgan fingerprint density at radius 2 is 1.91 bits per heavy atom. The summed E-state index contributed by atoms with van der Waals surface area (Å²) in [6.45, 7) is 2.16. The van der Waals surface area contributed by atoms with Crippen molar-refractivity contribution < 1.29 is 9.59 Å². The highest BCUT2D eigenvalue weighted by atomic mass is 32.2. The van der Waals surface area contributed by atoms with E-state index in [0.29, 0.717) is 4.48 Å². The van der Waals surface area contributed by atoms with E-state index in [1.54, 1.807) is 0 Å². The number of nitrogens with zero attached hydrogens (tertiary/aromatic N) is 1. The molecule has 2 nitrogen and oxygen atoms in total. The van der Waals surface area contributed by atoms with E-state index in [0.717, 1.165) is 11.5 Å². The van der Waals surface area contributed by atoms with E-state index in [2.05, 4.69) is 6.92 Å². The summed E-state index contributed by atoms with van der Waals surface area (Å²) >= 11 is 1.82. The van der Waals surface area contributed by atoms with E-state index in [-0.39, 0.29) is 6.23 Å². The smallest absolute Gasteiger partial charge is 0.199 e. The van der Waals surface area contributed by atoms with Crippen molar-refractivity contribution in [2.24, 2.45) is 0 Å². The van der Waals surface area contributed by atoms with Crippen molar-refractivity contribution in [2.75, 3.05) is 32.6 Å². The van der Waals surface area contributed by atoms with Gasteiger partial charge >= 0.3 is 0 Å². The van der Waals surface area contributed by atoms with Crippen LogP contribution in [0, 0.1) is 0 Å². The predicted molar refractivity (Wildman–Crippen MR) is 51.7 cm³/mol. The Morgan fingerprint density at radius 1 is 1.36 bits per heavy atom. The van der Waals surface area contributed by atoms with Gasteiger partial charge in [0.25, 0.3) is 0 Å². The molecule has 3 heteroatoms. The van der Waals surface area contributed by atoms with Crippen molar-refractivity contribution in [3.05, 3.63) is 0 Å². The van der Waals surface area contributed by atoms with Gasteiger partial charge in [0.15, 0.2) is 6.23 Å². The summed E-state index contributed by atoms with van der Waals surface area (Å²) < 4.78 is 0.636. The lowest BCUT2D eigenvalue weighted by Crippen LogP contribution is -2.46. The van der Waals surface area contributed by atoms with Crippen LogP contribution in [-0.4, -0.2) is 48.5 Å². The molecule has 0 saturated heterocycles. The molecule has 1 N–H and O–H groups in total. The summed E-state index contributed by atoms with van der Waals surface area (Å²) in [7, 11) is 6.03. The number of aliphatic hydroxyl groups is 1. The van der Waals surface area contributed by atoms with Gasteiger partial charge in [0.05, 0.1) is 26.9 Å². The molecule has 0 heterocycles. The van der Waals surface area contributed by atoms with Gasteiger partial charge in [-0.05, 0) is 12.2 Å². The first-order valence-electron chi connectivity index (χ1n) is 4.05. The van der Waals surface area contributed by atoms with Gasteiger partial charge < -0.3 is 9.59 Å². The summed E-state index contributed by atoms with van der Waals surface area (Å²) in [6.07, 6.45) is 0.959. The largest absolute Gasteiger partial charge is 0.344 e. The molecule has 0 aromatic rings. The van der Waals surface area contributed by atoms with Crippen LogP contribution in [0.1, 0.15) is 13.3 Å². The molecule has 0 aliphatic carbocycles. The lowest BCUT2D eigenvalue weighted by Gasteiger charge is -2.29.